The van der Waals surface area contributed by atoms with Crippen molar-refractivity contribution in [3.8, 4) is 0 Å². The molecule has 1 aliphatic heterocycles. The van der Waals surface area contributed by atoms with Gasteiger partial charge < -0.3 is 21.1 Å². The first kappa shape index (κ1) is 14.2. The van der Waals surface area contributed by atoms with Gasteiger partial charge in [-0.25, -0.2) is 4.79 Å². The first-order valence-corrected chi connectivity index (χ1v) is 6.66. The number of hydrogen-bond acceptors (Lipinski definition) is 4. The molecule has 1 amide bonds. The van der Waals surface area contributed by atoms with Gasteiger partial charge in [0.05, 0.1) is 16.9 Å². The van der Waals surface area contributed by atoms with Gasteiger partial charge in [0, 0.05) is 13.6 Å². The molecule has 1 fully saturated rings. The molecule has 1 heterocycles. The van der Waals surface area contributed by atoms with Crippen molar-refractivity contribution in [3.63, 3.8) is 0 Å². The van der Waals surface area contributed by atoms with Crippen molar-refractivity contribution in [2.24, 2.45) is 0 Å². The Bertz CT molecular complexity index is 530. The summed E-state index contributed by atoms with van der Waals surface area (Å²) in [6.07, 6.45) is 2.57. The topological polar surface area (TPSA) is 95.7 Å². The number of aromatic carboxylic acids is 1. The zero-order chi connectivity index (χ0) is 14.7. The number of piperidine rings is 1. The summed E-state index contributed by atoms with van der Waals surface area (Å²) in [5, 5.41) is 12.0. The average Bonchev–Trinajstić information content (AvgIpc) is 2.46. The van der Waals surface area contributed by atoms with Crippen LogP contribution in [-0.2, 0) is 4.79 Å². The Balaban J connectivity index is 2.47. The minimum Gasteiger partial charge on any atom is -0.478 e. The second kappa shape index (κ2) is 5.81. The summed E-state index contributed by atoms with van der Waals surface area (Å²) in [4.78, 5) is 25.2. The van der Waals surface area contributed by atoms with E-state index in [-0.39, 0.29) is 17.5 Å². The van der Waals surface area contributed by atoms with Crippen LogP contribution in [0.25, 0.3) is 0 Å². The number of carboxylic acid groups (broad SMARTS) is 1. The van der Waals surface area contributed by atoms with Crippen molar-refractivity contribution in [3.05, 3.63) is 23.8 Å². The first-order valence-electron chi connectivity index (χ1n) is 6.66. The lowest BCUT2D eigenvalue weighted by Gasteiger charge is -2.37. The number of nitrogens with zero attached hydrogens (tertiary/aromatic N) is 1. The Labute approximate surface area is 117 Å². The fourth-order valence-electron chi connectivity index (χ4n) is 2.69. The standard InChI is InChI=1S/C14H19N3O3/c1-16-13(18)11-7-2-3-8-17(11)12-9(14(19)20)5-4-6-10(12)15/h4-6,11H,2-3,7-8,15H2,1H3,(H,16,18)(H,19,20). The maximum atomic E-state index is 12.0. The van der Waals surface area contributed by atoms with Gasteiger partial charge in [0.2, 0.25) is 5.91 Å². The number of rotatable bonds is 3. The number of carboxylic acids is 1. The van der Waals surface area contributed by atoms with Crippen LogP contribution in [0.5, 0.6) is 0 Å². The van der Waals surface area contributed by atoms with Crippen LogP contribution in [0.1, 0.15) is 29.6 Å². The predicted molar refractivity (Wildman–Crippen MR) is 76.9 cm³/mol. The van der Waals surface area contributed by atoms with E-state index < -0.39 is 5.97 Å². The molecule has 0 saturated carbocycles. The zero-order valence-corrected chi connectivity index (χ0v) is 11.4. The van der Waals surface area contributed by atoms with E-state index in [0.29, 0.717) is 24.3 Å². The molecule has 108 valence electrons. The highest BCUT2D eigenvalue weighted by Crippen LogP contribution is 2.33. The van der Waals surface area contributed by atoms with Crippen LogP contribution >= 0.6 is 0 Å². The molecule has 0 bridgehead atoms. The number of benzene rings is 1. The third-order valence-corrected chi connectivity index (χ3v) is 3.64. The lowest BCUT2D eigenvalue weighted by molar-refractivity contribution is -0.122. The van der Waals surface area contributed by atoms with Crippen molar-refractivity contribution < 1.29 is 14.7 Å². The molecule has 1 aromatic rings. The fourth-order valence-corrected chi connectivity index (χ4v) is 2.69. The van der Waals surface area contributed by atoms with E-state index in [1.165, 1.54) is 6.07 Å². The van der Waals surface area contributed by atoms with Crippen LogP contribution in [0.3, 0.4) is 0 Å². The average molecular weight is 277 g/mol. The molecule has 0 aliphatic carbocycles. The van der Waals surface area contributed by atoms with Crippen molar-refractivity contribution >= 4 is 23.3 Å². The number of nitrogens with two attached hydrogens (primary N) is 1. The normalized spacial score (nSPS) is 18.6. The summed E-state index contributed by atoms with van der Waals surface area (Å²) in [6, 6.07) is 4.43. The van der Waals surface area contributed by atoms with Crippen LogP contribution in [0.4, 0.5) is 11.4 Å². The summed E-state index contributed by atoms with van der Waals surface area (Å²) in [5.74, 6) is -1.14. The quantitative estimate of drug-likeness (QED) is 0.718. The molecule has 4 N–H and O–H groups in total. The second-order valence-corrected chi connectivity index (χ2v) is 4.87. The summed E-state index contributed by atoms with van der Waals surface area (Å²) < 4.78 is 0. The molecule has 1 atom stereocenters. The number of hydrogen-bond donors (Lipinski definition) is 3. The van der Waals surface area contributed by atoms with Crippen molar-refractivity contribution in [2.75, 3.05) is 24.2 Å². The van der Waals surface area contributed by atoms with Crippen LogP contribution in [0, 0.1) is 0 Å². The van der Waals surface area contributed by atoms with Crippen LogP contribution in [-0.4, -0.2) is 36.6 Å². The molecule has 6 heteroatoms. The second-order valence-electron chi connectivity index (χ2n) is 4.87. The Morgan fingerprint density at radius 1 is 1.40 bits per heavy atom. The molecule has 6 nitrogen and oxygen atoms in total. The van der Waals surface area contributed by atoms with E-state index in [4.69, 9.17) is 5.73 Å². The van der Waals surface area contributed by atoms with E-state index >= 15 is 0 Å². The summed E-state index contributed by atoms with van der Waals surface area (Å²) in [5.41, 5.74) is 6.94. The third kappa shape index (κ3) is 2.54. The van der Waals surface area contributed by atoms with Crippen molar-refractivity contribution in [1.82, 2.24) is 5.32 Å². The van der Waals surface area contributed by atoms with Gasteiger partial charge >= 0.3 is 5.97 Å². The molecule has 1 saturated heterocycles. The molecular weight excluding hydrogens is 258 g/mol. The summed E-state index contributed by atoms with van der Waals surface area (Å²) in [6.45, 7) is 0.632. The van der Waals surface area contributed by atoms with Crippen LogP contribution in [0.15, 0.2) is 18.2 Å². The van der Waals surface area contributed by atoms with Gasteiger partial charge in [-0.3, -0.25) is 4.79 Å². The van der Waals surface area contributed by atoms with Gasteiger partial charge in [-0.05, 0) is 31.4 Å². The Morgan fingerprint density at radius 2 is 2.15 bits per heavy atom. The summed E-state index contributed by atoms with van der Waals surface area (Å²) >= 11 is 0. The maximum absolute atomic E-state index is 12.0. The van der Waals surface area contributed by atoms with E-state index in [0.717, 1.165) is 12.8 Å². The first-order chi connectivity index (χ1) is 9.56. The molecule has 0 aromatic heterocycles. The van der Waals surface area contributed by atoms with E-state index in [1.807, 2.05) is 4.90 Å². The maximum Gasteiger partial charge on any atom is 0.337 e. The molecule has 1 aliphatic rings. The van der Waals surface area contributed by atoms with Crippen LogP contribution < -0.4 is 16.0 Å². The molecule has 2 rings (SSSR count). The van der Waals surface area contributed by atoms with Gasteiger partial charge in [0.15, 0.2) is 0 Å². The minimum absolute atomic E-state index is 0.107. The Kier molecular flexibility index (Phi) is 4.12. The number of amides is 1. The number of likely N-dealkylation sites (N-methyl/N-ethyl adjacent to an activating group) is 1. The van der Waals surface area contributed by atoms with E-state index in [1.54, 1.807) is 19.2 Å². The molecule has 20 heavy (non-hydrogen) atoms. The number of anilines is 2. The molecule has 0 spiro atoms. The number of carbonyl (C=O) groups is 2. The highest BCUT2D eigenvalue weighted by Gasteiger charge is 2.31. The number of nitrogens with one attached hydrogen (secondary N) is 1. The van der Waals surface area contributed by atoms with Crippen LogP contribution in [0.2, 0.25) is 0 Å². The molecule has 0 radical (unpaired) electrons. The Hall–Kier alpha value is -2.24. The van der Waals surface area contributed by atoms with Crippen molar-refractivity contribution in [2.45, 2.75) is 25.3 Å². The van der Waals surface area contributed by atoms with Gasteiger partial charge in [-0.1, -0.05) is 6.07 Å². The van der Waals surface area contributed by atoms with Gasteiger partial charge in [-0.2, -0.15) is 0 Å². The van der Waals surface area contributed by atoms with Crippen molar-refractivity contribution in [1.29, 1.82) is 0 Å². The van der Waals surface area contributed by atoms with E-state index in [2.05, 4.69) is 5.32 Å². The number of carbonyl (C=O) groups excluding carboxylic acids is 1. The predicted octanol–water partition coefficient (Wildman–Crippen LogP) is 1.07. The lowest BCUT2D eigenvalue weighted by atomic mass is 9.98. The number of nitrogen functional groups attached to an aromatic ring is 1. The van der Waals surface area contributed by atoms with Gasteiger partial charge in [0.25, 0.3) is 0 Å². The summed E-state index contributed by atoms with van der Waals surface area (Å²) in [7, 11) is 1.58. The number of para-hydroxylation sites is 1. The van der Waals surface area contributed by atoms with Gasteiger partial charge in [-0.15, -0.1) is 0 Å². The third-order valence-electron chi connectivity index (χ3n) is 3.64. The highest BCUT2D eigenvalue weighted by atomic mass is 16.4. The molecule has 1 unspecified atom stereocenters. The SMILES string of the molecule is CNC(=O)C1CCCCN1c1c(N)cccc1C(=O)O. The smallest absolute Gasteiger partial charge is 0.337 e. The van der Waals surface area contributed by atoms with E-state index in [9.17, 15) is 14.7 Å². The highest BCUT2D eigenvalue weighted by molar-refractivity contribution is 5.99. The zero-order valence-electron chi connectivity index (χ0n) is 11.4. The largest absolute Gasteiger partial charge is 0.478 e. The Morgan fingerprint density at radius 3 is 2.80 bits per heavy atom. The molecular formula is C14H19N3O3. The van der Waals surface area contributed by atoms with Gasteiger partial charge in [0.1, 0.15) is 6.04 Å². The fraction of sp³-hybridized carbons (Fsp3) is 0.429. The lowest BCUT2D eigenvalue weighted by Crippen LogP contribution is -2.49. The minimum atomic E-state index is -1.03. The molecule has 1 aromatic carbocycles. The monoisotopic (exact) mass is 277 g/mol.